The van der Waals surface area contributed by atoms with Crippen LogP contribution in [0.15, 0.2) is 72.8 Å². The molecule has 2 amide bonds. The first-order valence-electron chi connectivity index (χ1n) is 9.10. The van der Waals surface area contributed by atoms with Crippen molar-refractivity contribution in [1.82, 2.24) is 0 Å². The summed E-state index contributed by atoms with van der Waals surface area (Å²) in [7, 11) is 1.48. The number of ether oxygens (including phenoxy) is 1. The van der Waals surface area contributed by atoms with Gasteiger partial charge in [-0.25, -0.2) is 0 Å². The number of carbonyl (C=O) groups excluding carboxylic acids is 2. The molecule has 7 heteroatoms. The van der Waals surface area contributed by atoms with Crippen LogP contribution in [-0.2, 0) is 0 Å². The van der Waals surface area contributed by atoms with Crippen LogP contribution in [0, 0.1) is 0 Å². The van der Waals surface area contributed by atoms with Crippen molar-refractivity contribution >= 4 is 56.2 Å². The first kappa shape index (κ1) is 19.9. The molecular weight excluding hydrogens is 420 g/mol. The Balaban J connectivity index is 1.68. The lowest BCUT2D eigenvalue weighted by molar-refractivity contribution is 0.102. The van der Waals surface area contributed by atoms with Gasteiger partial charge in [-0.05, 0) is 30.3 Å². The Labute approximate surface area is 182 Å². The third-order valence-corrected chi connectivity index (χ3v) is 6.18. The summed E-state index contributed by atoms with van der Waals surface area (Å²) < 4.78 is 6.30. The van der Waals surface area contributed by atoms with Crippen molar-refractivity contribution in [2.24, 2.45) is 0 Å². The number of para-hydroxylation sites is 2. The van der Waals surface area contributed by atoms with Gasteiger partial charge in [-0.15, -0.1) is 11.3 Å². The van der Waals surface area contributed by atoms with Crippen LogP contribution in [0.5, 0.6) is 5.75 Å². The summed E-state index contributed by atoms with van der Waals surface area (Å²) in [5, 5.41) is 6.85. The number of anilines is 2. The van der Waals surface area contributed by atoms with E-state index in [1.807, 2.05) is 42.5 Å². The summed E-state index contributed by atoms with van der Waals surface area (Å²) in [6.07, 6.45) is 0. The zero-order chi connectivity index (χ0) is 21.1. The fourth-order valence-electron chi connectivity index (χ4n) is 3.07. The molecule has 0 unspecified atom stereocenters. The van der Waals surface area contributed by atoms with E-state index >= 15 is 0 Å². The highest BCUT2D eigenvalue weighted by Gasteiger charge is 2.22. The van der Waals surface area contributed by atoms with Crippen molar-refractivity contribution in [1.29, 1.82) is 0 Å². The minimum atomic E-state index is -0.403. The average molecular weight is 437 g/mol. The number of fused-ring (bicyclic) bond motifs is 1. The van der Waals surface area contributed by atoms with Gasteiger partial charge in [0, 0.05) is 15.8 Å². The number of hydrogen-bond donors (Lipinski definition) is 2. The topological polar surface area (TPSA) is 67.4 Å². The van der Waals surface area contributed by atoms with Crippen LogP contribution in [0.1, 0.15) is 20.0 Å². The van der Waals surface area contributed by atoms with Crippen LogP contribution in [0.3, 0.4) is 0 Å². The molecule has 0 atom stereocenters. The molecule has 1 aromatic heterocycles. The van der Waals surface area contributed by atoms with Crippen molar-refractivity contribution in [3.8, 4) is 5.75 Å². The predicted molar refractivity (Wildman–Crippen MR) is 122 cm³/mol. The number of benzene rings is 3. The van der Waals surface area contributed by atoms with Crippen LogP contribution in [0.2, 0.25) is 5.02 Å². The SMILES string of the molecule is COc1cccc(C(=O)Nc2ccccc2)c1NC(=O)c1sc2ccccc2c1Cl. The van der Waals surface area contributed by atoms with E-state index in [9.17, 15) is 9.59 Å². The molecule has 0 aliphatic rings. The van der Waals surface area contributed by atoms with Crippen LogP contribution < -0.4 is 15.4 Å². The van der Waals surface area contributed by atoms with E-state index in [-0.39, 0.29) is 17.2 Å². The second-order valence-corrected chi connectivity index (χ2v) is 7.83. The zero-order valence-corrected chi connectivity index (χ0v) is 17.5. The Bertz CT molecular complexity index is 1240. The predicted octanol–water partition coefficient (Wildman–Crippen LogP) is 6.07. The van der Waals surface area contributed by atoms with Gasteiger partial charge >= 0.3 is 0 Å². The number of amides is 2. The fourth-order valence-corrected chi connectivity index (χ4v) is 4.48. The van der Waals surface area contributed by atoms with Crippen molar-refractivity contribution in [3.63, 3.8) is 0 Å². The number of carbonyl (C=O) groups is 2. The Kier molecular flexibility index (Phi) is 5.70. The maximum Gasteiger partial charge on any atom is 0.267 e. The molecule has 0 saturated carbocycles. The molecule has 150 valence electrons. The lowest BCUT2D eigenvalue weighted by Gasteiger charge is -2.15. The summed E-state index contributed by atoms with van der Waals surface area (Å²) >= 11 is 7.74. The molecule has 0 spiro atoms. The smallest absolute Gasteiger partial charge is 0.267 e. The van der Waals surface area contributed by atoms with Crippen LogP contribution >= 0.6 is 22.9 Å². The van der Waals surface area contributed by atoms with Crippen LogP contribution in [0.4, 0.5) is 11.4 Å². The second-order valence-electron chi connectivity index (χ2n) is 6.40. The lowest BCUT2D eigenvalue weighted by atomic mass is 10.1. The monoisotopic (exact) mass is 436 g/mol. The molecule has 0 aliphatic heterocycles. The largest absolute Gasteiger partial charge is 0.495 e. The summed E-state index contributed by atoms with van der Waals surface area (Å²) in [5.41, 5.74) is 1.21. The van der Waals surface area contributed by atoms with Gasteiger partial charge in [0.15, 0.2) is 0 Å². The molecule has 0 fully saturated rings. The lowest BCUT2D eigenvalue weighted by Crippen LogP contribution is -2.18. The highest BCUT2D eigenvalue weighted by atomic mass is 35.5. The molecule has 30 heavy (non-hydrogen) atoms. The Morgan fingerprint density at radius 2 is 1.60 bits per heavy atom. The van der Waals surface area contributed by atoms with Gasteiger partial charge in [0.05, 0.1) is 23.4 Å². The Morgan fingerprint density at radius 3 is 2.33 bits per heavy atom. The fraction of sp³-hybridized carbons (Fsp3) is 0.0435. The quantitative estimate of drug-likeness (QED) is 0.399. The van der Waals surface area contributed by atoms with E-state index in [1.165, 1.54) is 18.4 Å². The normalized spacial score (nSPS) is 10.6. The number of halogens is 1. The van der Waals surface area contributed by atoms with E-state index in [2.05, 4.69) is 10.6 Å². The van der Waals surface area contributed by atoms with E-state index in [1.54, 1.807) is 30.3 Å². The van der Waals surface area contributed by atoms with Gasteiger partial charge < -0.3 is 15.4 Å². The van der Waals surface area contributed by atoms with Crippen LogP contribution in [0.25, 0.3) is 10.1 Å². The van der Waals surface area contributed by atoms with E-state index in [4.69, 9.17) is 16.3 Å². The van der Waals surface area contributed by atoms with Gasteiger partial charge in [0.25, 0.3) is 11.8 Å². The molecule has 2 N–H and O–H groups in total. The molecule has 4 aromatic rings. The van der Waals surface area contributed by atoms with Crippen molar-refractivity contribution in [3.05, 3.63) is 88.3 Å². The molecule has 0 aliphatic carbocycles. The minimum absolute atomic E-state index is 0.281. The van der Waals surface area contributed by atoms with Gasteiger partial charge in [0.1, 0.15) is 10.6 Å². The maximum atomic E-state index is 13.0. The number of methoxy groups -OCH3 is 1. The zero-order valence-electron chi connectivity index (χ0n) is 15.9. The Morgan fingerprint density at radius 1 is 0.867 bits per heavy atom. The van der Waals surface area contributed by atoms with Crippen molar-refractivity contribution in [2.75, 3.05) is 17.7 Å². The third kappa shape index (κ3) is 3.87. The summed E-state index contributed by atoms with van der Waals surface area (Å²) in [5.74, 6) is -0.390. The summed E-state index contributed by atoms with van der Waals surface area (Å²) in [6, 6.07) is 21.6. The molecule has 4 rings (SSSR count). The molecule has 0 radical (unpaired) electrons. The highest BCUT2D eigenvalue weighted by molar-refractivity contribution is 7.21. The molecule has 3 aromatic carbocycles. The summed E-state index contributed by atoms with van der Waals surface area (Å²) in [4.78, 5) is 26.3. The molecular formula is C23H17ClN2O3S. The van der Waals surface area contributed by atoms with Gasteiger partial charge in [-0.3, -0.25) is 9.59 Å². The van der Waals surface area contributed by atoms with Gasteiger partial charge in [-0.2, -0.15) is 0 Å². The second kappa shape index (κ2) is 8.57. The summed E-state index contributed by atoms with van der Waals surface area (Å²) in [6.45, 7) is 0. The standard InChI is InChI=1S/C23H17ClN2O3S/c1-29-17-12-7-11-16(22(27)25-14-8-3-2-4-9-14)20(17)26-23(28)21-19(24)15-10-5-6-13-18(15)30-21/h2-13H,1H3,(H,25,27)(H,26,28). The molecule has 0 bridgehead atoms. The number of thiophene rings is 1. The van der Waals surface area contributed by atoms with Gasteiger partial charge in [-0.1, -0.05) is 54.1 Å². The number of rotatable bonds is 5. The first-order valence-corrected chi connectivity index (χ1v) is 10.3. The maximum absolute atomic E-state index is 13.0. The minimum Gasteiger partial charge on any atom is -0.495 e. The average Bonchev–Trinajstić information content (AvgIpc) is 3.11. The highest BCUT2D eigenvalue weighted by Crippen LogP contribution is 2.37. The van der Waals surface area contributed by atoms with E-state index < -0.39 is 5.91 Å². The van der Waals surface area contributed by atoms with E-state index in [0.29, 0.717) is 21.3 Å². The molecule has 0 saturated heterocycles. The van der Waals surface area contributed by atoms with Crippen molar-refractivity contribution in [2.45, 2.75) is 0 Å². The number of nitrogens with one attached hydrogen (secondary N) is 2. The van der Waals surface area contributed by atoms with Gasteiger partial charge in [0.2, 0.25) is 0 Å². The third-order valence-electron chi connectivity index (χ3n) is 4.50. The molecule has 5 nitrogen and oxygen atoms in total. The van der Waals surface area contributed by atoms with Crippen molar-refractivity contribution < 1.29 is 14.3 Å². The Hall–Kier alpha value is -3.35. The van der Waals surface area contributed by atoms with E-state index in [0.717, 1.165) is 10.1 Å². The van der Waals surface area contributed by atoms with Crippen LogP contribution in [-0.4, -0.2) is 18.9 Å². The number of hydrogen-bond acceptors (Lipinski definition) is 4. The molecule has 1 heterocycles. The first-order chi connectivity index (χ1) is 14.6.